The fourth-order valence-electron chi connectivity index (χ4n) is 4.03. The molecule has 1 saturated heterocycles. The molecule has 1 atom stereocenters. The van der Waals surface area contributed by atoms with Gasteiger partial charge in [-0.05, 0) is 44.0 Å². The second kappa shape index (κ2) is 9.21. The van der Waals surface area contributed by atoms with Crippen LogP contribution in [0.15, 0.2) is 59.4 Å². The van der Waals surface area contributed by atoms with Crippen molar-refractivity contribution >= 4 is 11.6 Å². The number of aromatic nitrogens is 2. The largest absolute Gasteiger partial charge is 0.495 e. The molecule has 1 unspecified atom stereocenters. The molecule has 1 amide bonds. The molecule has 1 aromatic heterocycles. The lowest BCUT2D eigenvalue weighted by atomic mass is 10.0. The smallest absolute Gasteiger partial charge is 0.276 e. The molecular weight excluding hydrogens is 411 g/mol. The lowest BCUT2D eigenvalue weighted by Gasteiger charge is -2.35. The van der Waals surface area contributed by atoms with Gasteiger partial charge in [-0.25, -0.2) is 9.07 Å². The highest BCUT2D eigenvalue weighted by Gasteiger charge is 2.25. The summed E-state index contributed by atoms with van der Waals surface area (Å²) in [6, 6.07) is 15.0. The fraction of sp³-hybridized carbons (Fsp3) is 0.292. The van der Waals surface area contributed by atoms with Crippen LogP contribution in [0.4, 0.5) is 10.1 Å². The molecule has 0 spiro atoms. The predicted octanol–water partition coefficient (Wildman–Crippen LogP) is 3.09. The number of aryl methyl sites for hydroxylation is 1. The molecule has 7 nitrogen and oxygen atoms in total. The molecule has 3 aromatic rings. The summed E-state index contributed by atoms with van der Waals surface area (Å²) in [5.74, 6) is -0.280. The van der Waals surface area contributed by atoms with E-state index in [0.717, 1.165) is 30.8 Å². The number of ether oxygens (including phenoxy) is 1. The number of methoxy groups -OCH3 is 1. The van der Waals surface area contributed by atoms with E-state index in [9.17, 15) is 14.0 Å². The van der Waals surface area contributed by atoms with Crippen LogP contribution in [0.2, 0.25) is 0 Å². The average Bonchev–Trinajstić information content (AvgIpc) is 2.80. The molecular formula is C24H25FN4O3. The molecule has 0 aliphatic carbocycles. The van der Waals surface area contributed by atoms with Crippen molar-refractivity contribution < 1.29 is 13.9 Å². The van der Waals surface area contributed by atoms with Crippen molar-refractivity contribution in [2.24, 2.45) is 0 Å². The zero-order valence-electron chi connectivity index (χ0n) is 18.0. The minimum atomic E-state index is -0.563. The summed E-state index contributed by atoms with van der Waals surface area (Å²) in [6.45, 7) is 3.07. The van der Waals surface area contributed by atoms with Crippen LogP contribution in [0.1, 0.15) is 29.0 Å². The van der Waals surface area contributed by atoms with Crippen molar-refractivity contribution in [1.82, 2.24) is 15.1 Å². The number of para-hydroxylation sites is 3. The second-order valence-electron chi connectivity index (χ2n) is 7.79. The fourth-order valence-corrected chi connectivity index (χ4v) is 4.03. The Balaban J connectivity index is 1.56. The Hall–Kier alpha value is -3.68. The van der Waals surface area contributed by atoms with Gasteiger partial charge in [0.2, 0.25) is 5.43 Å². The zero-order chi connectivity index (χ0) is 22.7. The monoisotopic (exact) mass is 436 g/mol. The highest BCUT2D eigenvalue weighted by Crippen LogP contribution is 2.29. The van der Waals surface area contributed by atoms with E-state index in [1.807, 2.05) is 24.3 Å². The molecule has 0 saturated carbocycles. The van der Waals surface area contributed by atoms with Gasteiger partial charge in [-0.1, -0.05) is 24.3 Å². The van der Waals surface area contributed by atoms with Crippen LogP contribution in [0.3, 0.4) is 0 Å². The number of hydrogen-bond acceptors (Lipinski definition) is 5. The molecule has 1 aliphatic heterocycles. The van der Waals surface area contributed by atoms with Crippen molar-refractivity contribution in [3.8, 4) is 11.4 Å². The van der Waals surface area contributed by atoms with Crippen LogP contribution in [0.25, 0.3) is 5.69 Å². The Kier molecular flexibility index (Phi) is 6.20. The molecule has 0 bridgehead atoms. The Morgan fingerprint density at radius 1 is 1.16 bits per heavy atom. The van der Waals surface area contributed by atoms with Crippen molar-refractivity contribution in [3.05, 3.63) is 82.0 Å². The van der Waals surface area contributed by atoms with E-state index in [4.69, 9.17) is 4.74 Å². The number of piperidine rings is 1. The minimum Gasteiger partial charge on any atom is -0.495 e. The highest BCUT2D eigenvalue weighted by molar-refractivity contribution is 5.92. The summed E-state index contributed by atoms with van der Waals surface area (Å²) in [4.78, 5) is 27.6. The summed E-state index contributed by atoms with van der Waals surface area (Å²) in [5.41, 5.74) is 0.832. The maximum absolute atomic E-state index is 14.3. The molecule has 1 N–H and O–H groups in total. The molecule has 1 aliphatic rings. The van der Waals surface area contributed by atoms with Crippen molar-refractivity contribution in [2.45, 2.75) is 25.8 Å². The van der Waals surface area contributed by atoms with Gasteiger partial charge in [0.25, 0.3) is 5.91 Å². The maximum Gasteiger partial charge on any atom is 0.276 e. The number of hydrogen-bond donors (Lipinski definition) is 1. The van der Waals surface area contributed by atoms with Crippen molar-refractivity contribution in [1.29, 1.82) is 0 Å². The number of carbonyl (C=O) groups is 1. The topological polar surface area (TPSA) is 76.5 Å². The Bertz CT molecular complexity index is 1190. The van der Waals surface area contributed by atoms with E-state index in [1.54, 1.807) is 32.2 Å². The molecule has 0 radical (unpaired) electrons. The van der Waals surface area contributed by atoms with Crippen LogP contribution in [-0.2, 0) is 0 Å². The van der Waals surface area contributed by atoms with Crippen LogP contribution in [-0.4, -0.2) is 41.9 Å². The SMILES string of the molecule is COc1ccccc1N1CCCC(NC(=O)c2nn(-c3ccccc3F)c(C)cc2=O)C1. The van der Waals surface area contributed by atoms with E-state index >= 15 is 0 Å². The normalized spacial score (nSPS) is 16.0. The van der Waals surface area contributed by atoms with E-state index in [-0.39, 0.29) is 17.4 Å². The first-order chi connectivity index (χ1) is 15.5. The van der Waals surface area contributed by atoms with Crippen LogP contribution in [0, 0.1) is 12.7 Å². The second-order valence-corrected chi connectivity index (χ2v) is 7.79. The summed E-state index contributed by atoms with van der Waals surface area (Å²) >= 11 is 0. The van der Waals surface area contributed by atoms with Crippen molar-refractivity contribution in [3.63, 3.8) is 0 Å². The molecule has 1 fully saturated rings. The number of benzene rings is 2. The lowest BCUT2D eigenvalue weighted by molar-refractivity contribution is 0.0925. The molecule has 32 heavy (non-hydrogen) atoms. The Morgan fingerprint density at radius 2 is 1.88 bits per heavy atom. The standard InChI is InChI=1S/C24H25FN4O3/c1-16-14-21(30)23(27-29(16)19-10-4-3-9-18(19)25)24(31)26-17-8-7-13-28(15-17)20-11-5-6-12-22(20)32-2/h3-6,9-12,14,17H,7-8,13,15H2,1-2H3,(H,26,31). The quantitative estimate of drug-likeness (QED) is 0.665. The third-order valence-electron chi connectivity index (χ3n) is 5.59. The molecule has 166 valence electrons. The van der Waals surface area contributed by atoms with Gasteiger partial charge in [-0.3, -0.25) is 9.59 Å². The van der Waals surface area contributed by atoms with Crippen molar-refractivity contribution in [2.75, 3.05) is 25.1 Å². The summed E-state index contributed by atoms with van der Waals surface area (Å²) in [7, 11) is 1.63. The number of amides is 1. The molecule has 2 aromatic carbocycles. The molecule has 4 rings (SSSR count). The van der Waals surface area contributed by atoms with Gasteiger partial charge in [0.05, 0.1) is 12.8 Å². The highest BCUT2D eigenvalue weighted by atomic mass is 19.1. The molecule has 8 heteroatoms. The third-order valence-corrected chi connectivity index (χ3v) is 5.59. The number of halogens is 1. The summed E-state index contributed by atoms with van der Waals surface area (Å²) in [6.07, 6.45) is 1.66. The predicted molar refractivity (Wildman–Crippen MR) is 120 cm³/mol. The number of nitrogens with zero attached hydrogens (tertiary/aromatic N) is 3. The molecule has 2 heterocycles. The Labute approximate surface area is 185 Å². The van der Waals surface area contributed by atoms with Crippen LogP contribution >= 0.6 is 0 Å². The summed E-state index contributed by atoms with van der Waals surface area (Å²) < 4.78 is 21.0. The van der Waals surface area contributed by atoms with E-state index in [1.165, 1.54) is 16.8 Å². The maximum atomic E-state index is 14.3. The van der Waals surface area contributed by atoms with E-state index in [0.29, 0.717) is 12.2 Å². The average molecular weight is 436 g/mol. The third kappa shape index (κ3) is 4.34. The summed E-state index contributed by atoms with van der Waals surface area (Å²) in [5, 5.41) is 7.13. The minimum absolute atomic E-state index is 0.162. The van der Waals surface area contributed by atoms with Gasteiger partial charge in [0.1, 0.15) is 17.3 Å². The first kappa shape index (κ1) is 21.5. The van der Waals surface area contributed by atoms with Gasteiger partial charge in [-0.2, -0.15) is 5.10 Å². The van der Waals surface area contributed by atoms with Gasteiger partial charge in [0.15, 0.2) is 5.69 Å². The van der Waals surface area contributed by atoms with E-state index < -0.39 is 17.2 Å². The zero-order valence-corrected chi connectivity index (χ0v) is 18.0. The van der Waals surface area contributed by atoms with Gasteiger partial charge in [0, 0.05) is 30.9 Å². The number of carbonyl (C=O) groups excluding carboxylic acids is 1. The number of nitrogens with one attached hydrogen (secondary N) is 1. The first-order valence-corrected chi connectivity index (χ1v) is 10.5. The van der Waals surface area contributed by atoms with Crippen LogP contribution < -0.4 is 20.4 Å². The van der Waals surface area contributed by atoms with Gasteiger partial charge >= 0.3 is 0 Å². The Morgan fingerprint density at radius 3 is 2.62 bits per heavy atom. The van der Waals surface area contributed by atoms with E-state index in [2.05, 4.69) is 15.3 Å². The number of rotatable bonds is 5. The van der Waals surface area contributed by atoms with Crippen LogP contribution in [0.5, 0.6) is 5.75 Å². The number of anilines is 1. The van der Waals surface area contributed by atoms with Gasteiger partial charge in [-0.15, -0.1) is 0 Å². The first-order valence-electron chi connectivity index (χ1n) is 10.5. The lowest BCUT2D eigenvalue weighted by Crippen LogP contribution is -2.49. The van der Waals surface area contributed by atoms with Gasteiger partial charge < -0.3 is 15.0 Å².